The molecule has 236 valence electrons. The fourth-order valence-electron chi connectivity index (χ4n) is 5.30. The predicted molar refractivity (Wildman–Crippen MR) is 181 cm³/mol. The number of imidazole rings is 1. The van der Waals surface area contributed by atoms with E-state index in [2.05, 4.69) is 59.4 Å². The molecule has 0 saturated heterocycles. The molecule has 0 atom stereocenters. The predicted octanol–water partition coefficient (Wildman–Crippen LogP) is 7.47. The Balaban J connectivity index is 1.24. The van der Waals surface area contributed by atoms with Crippen LogP contribution in [0.5, 0.6) is 11.5 Å². The minimum atomic E-state index is -0.0846. The number of nitrogens with one attached hydrogen (secondary N) is 1. The first kappa shape index (κ1) is 31.9. The molecule has 1 aliphatic rings. The molecule has 1 N–H and O–H groups in total. The zero-order valence-electron chi connectivity index (χ0n) is 26.4. The molecule has 45 heavy (non-hydrogen) atoms. The van der Waals surface area contributed by atoms with E-state index in [-0.39, 0.29) is 5.91 Å². The molecule has 8 nitrogen and oxygen atoms in total. The Morgan fingerprint density at radius 3 is 2.33 bits per heavy atom. The lowest BCUT2D eigenvalue weighted by molar-refractivity contribution is -0.112. The van der Waals surface area contributed by atoms with Crippen LogP contribution >= 0.6 is 0 Å². The van der Waals surface area contributed by atoms with Crippen LogP contribution in [0.15, 0.2) is 91.0 Å². The van der Waals surface area contributed by atoms with E-state index in [0.717, 1.165) is 90.6 Å². The summed E-state index contributed by atoms with van der Waals surface area (Å²) < 4.78 is 19.3. The first-order valence-corrected chi connectivity index (χ1v) is 16.0. The number of fused-ring (bicyclic) bond motifs is 1. The second kappa shape index (κ2) is 16.5. The Kier molecular flexibility index (Phi) is 11.7. The monoisotopic (exact) mass is 608 g/mol. The van der Waals surface area contributed by atoms with Gasteiger partial charge in [-0.05, 0) is 90.6 Å². The zero-order chi connectivity index (χ0) is 31.3. The molecule has 2 heterocycles. The fourth-order valence-corrected chi connectivity index (χ4v) is 5.30. The van der Waals surface area contributed by atoms with Gasteiger partial charge in [0.25, 0.3) is 5.91 Å². The van der Waals surface area contributed by atoms with Gasteiger partial charge in [-0.15, -0.1) is 0 Å². The van der Waals surface area contributed by atoms with E-state index >= 15 is 0 Å². The highest BCUT2D eigenvalue weighted by molar-refractivity contribution is 6.07. The Hall–Kier alpha value is -4.56. The zero-order valence-corrected chi connectivity index (χ0v) is 26.4. The molecule has 4 aromatic rings. The summed E-state index contributed by atoms with van der Waals surface area (Å²) in [5, 5.41) is 3.09. The summed E-state index contributed by atoms with van der Waals surface area (Å²) in [7, 11) is 0. The first-order valence-electron chi connectivity index (χ1n) is 16.0. The Labute approximate surface area is 266 Å². The summed E-state index contributed by atoms with van der Waals surface area (Å²) in [6, 6.07) is 22.2. The minimum absolute atomic E-state index is 0.0846. The van der Waals surface area contributed by atoms with Crippen LogP contribution in [0.3, 0.4) is 0 Å². The third kappa shape index (κ3) is 9.22. The molecule has 1 aromatic heterocycles. The van der Waals surface area contributed by atoms with Crippen molar-refractivity contribution in [3.8, 4) is 22.6 Å². The van der Waals surface area contributed by atoms with E-state index < -0.39 is 0 Å². The maximum Gasteiger partial charge on any atom is 0.251 e. The van der Waals surface area contributed by atoms with Gasteiger partial charge in [-0.25, -0.2) is 4.98 Å². The van der Waals surface area contributed by atoms with Crippen molar-refractivity contribution in [2.75, 3.05) is 49.7 Å². The second-order valence-electron chi connectivity index (χ2n) is 11.1. The molecule has 1 amide bonds. The number of aromatic nitrogens is 2. The number of nitrogens with zero attached hydrogens (tertiary/aromatic N) is 3. The molecule has 3 aromatic carbocycles. The van der Waals surface area contributed by atoms with Crippen LogP contribution in [0.2, 0.25) is 0 Å². The molecular formula is C37H44N4O4. The van der Waals surface area contributed by atoms with Gasteiger partial charge in [0.1, 0.15) is 24.7 Å². The van der Waals surface area contributed by atoms with E-state index in [1.807, 2.05) is 53.2 Å². The van der Waals surface area contributed by atoms with Crippen LogP contribution in [0.1, 0.15) is 45.1 Å². The Morgan fingerprint density at radius 2 is 1.60 bits per heavy atom. The fraction of sp³-hybridized carbons (Fsp3) is 0.351. The highest BCUT2D eigenvalue weighted by atomic mass is 16.5. The minimum Gasteiger partial charge on any atom is -0.492 e. The van der Waals surface area contributed by atoms with Crippen LogP contribution in [0, 0.1) is 0 Å². The van der Waals surface area contributed by atoms with Crippen molar-refractivity contribution in [1.82, 2.24) is 9.55 Å². The largest absolute Gasteiger partial charge is 0.492 e. The lowest BCUT2D eigenvalue weighted by Crippen LogP contribution is -2.26. The standard InChI is InChI=1S/C37H44N4O4/c1-3-5-22-43-24-25-45-34-11-6-29(7-12-34)30-8-15-36-32(26-30)27-31(16-19-41(36)18-4-2)37(42)39-33-9-13-35(14-10-33)44-23-21-40-20-17-38-28-40/h6-15,17,20,26-28H,3-5,16,18-19,21-25H2,1-2H3,(H,39,42). The molecule has 1 aliphatic heterocycles. The molecule has 0 saturated carbocycles. The van der Waals surface area contributed by atoms with Gasteiger partial charge >= 0.3 is 0 Å². The SMILES string of the molecule is CCCCOCCOc1ccc(-c2ccc3c(c2)C=C(C(=O)Nc2ccc(OCCn4ccnc4)cc2)CCN3CCC)cc1. The van der Waals surface area contributed by atoms with Crippen molar-refractivity contribution in [3.05, 3.63) is 96.6 Å². The summed E-state index contributed by atoms with van der Waals surface area (Å²) in [4.78, 5) is 19.9. The molecule has 0 spiro atoms. The average molecular weight is 609 g/mol. The number of hydrogen-bond acceptors (Lipinski definition) is 6. The van der Waals surface area contributed by atoms with E-state index in [0.29, 0.717) is 26.2 Å². The maximum absolute atomic E-state index is 13.5. The number of hydrogen-bond donors (Lipinski definition) is 1. The van der Waals surface area contributed by atoms with Gasteiger partial charge in [0.15, 0.2) is 0 Å². The summed E-state index contributed by atoms with van der Waals surface area (Å²) in [5.74, 6) is 1.50. The van der Waals surface area contributed by atoms with E-state index in [4.69, 9.17) is 14.2 Å². The van der Waals surface area contributed by atoms with Crippen LogP contribution < -0.4 is 19.7 Å². The van der Waals surface area contributed by atoms with Gasteiger partial charge in [0, 0.05) is 49.0 Å². The van der Waals surface area contributed by atoms with Crippen LogP contribution in [0.4, 0.5) is 11.4 Å². The number of benzene rings is 3. The number of carbonyl (C=O) groups excluding carboxylic acids is 1. The van der Waals surface area contributed by atoms with E-state index in [9.17, 15) is 4.79 Å². The van der Waals surface area contributed by atoms with E-state index in [1.165, 1.54) is 0 Å². The van der Waals surface area contributed by atoms with Gasteiger partial charge in [-0.1, -0.05) is 38.5 Å². The average Bonchev–Trinajstić information content (AvgIpc) is 3.52. The maximum atomic E-state index is 13.5. The molecule has 0 aliphatic carbocycles. The van der Waals surface area contributed by atoms with Gasteiger partial charge in [0.05, 0.1) is 19.5 Å². The van der Waals surface area contributed by atoms with Crippen molar-refractivity contribution in [2.45, 2.75) is 46.1 Å². The number of unbranched alkanes of at least 4 members (excludes halogenated alkanes) is 1. The Bertz CT molecular complexity index is 1520. The van der Waals surface area contributed by atoms with Crippen LogP contribution in [-0.4, -0.2) is 55.0 Å². The number of amides is 1. The normalized spacial score (nSPS) is 12.7. The van der Waals surface area contributed by atoms with Crippen LogP contribution in [0.25, 0.3) is 17.2 Å². The number of rotatable bonds is 16. The third-order valence-electron chi connectivity index (χ3n) is 7.75. The lowest BCUT2D eigenvalue weighted by Gasteiger charge is -2.25. The summed E-state index contributed by atoms with van der Waals surface area (Å²) >= 11 is 0. The lowest BCUT2D eigenvalue weighted by atomic mass is 10.00. The highest BCUT2D eigenvalue weighted by Gasteiger charge is 2.20. The number of anilines is 2. The molecule has 0 radical (unpaired) electrons. The molecule has 0 unspecified atom stereocenters. The van der Waals surface area contributed by atoms with Crippen molar-refractivity contribution < 1.29 is 19.0 Å². The van der Waals surface area contributed by atoms with Crippen molar-refractivity contribution in [2.24, 2.45) is 0 Å². The van der Waals surface area contributed by atoms with Crippen molar-refractivity contribution in [1.29, 1.82) is 0 Å². The third-order valence-corrected chi connectivity index (χ3v) is 7.75. The molecular weight excluding hydrogens is 564 g/mol. The molecule has 8 heteroatoms. The van der Waals surface area contributed by atoms with Gasteiger partial charge < -0.3 is 29.0 Å². The smallest absolute Gasteiger partial charge is 0.251 e. The number of ether oxygens (including phenoxy) is 3. The topological polar surface area (TPSA) is 77.9 Å². The van der Waals surface area contributed by atoms with Crippen LogP contribution in [-0.2, 0) is 16.1 Å². The van der Waals surface area contributed by atoms with Gasteiger partial charge in [-0.2, -0.15) is 0 Å². The molecule has 0 bridgehead atoms. The Morgan fingerprint density at radius 1 is 0.844 bits per heavy atom. The summed E-state index contributed by atoms with van der Waals surface area (Å²) in [5.41, 5.74) is 5.90. The van der Waals surface area contributed by atoms with Gasteiger partial charge in [-0.3, -0.25) is 4.79 Å². The molecule has 5 rings (SSSR count). The first-order chi connectivity index (χ1) is 22.1. The van der Waals surface area contributed by atoms with Crippen molar-refractivity contribution >= 4 is 23.4 Å². The quantitative estimate of drug-likeness (QED) is 0.133. The van der Waals surface area contributed by atoms with E-state index in [1.54, 1.807) is 12.5 Å². The van der Waals surface area contributed by atoms with Crippen molar-refractivity contribution in [3.63, 3.8) is 0 Å². The van der Waals surface area contributed by atoms with Gasteiger partial charge in [0.2, 0.25) is 0 Å². The highest BCUT2D eigenvalue weighted by Crippen LogP contribution is 2.33. The molecule has 0 fully saturated rings. The summed E-state index contributed by atoms with van der Waals surface area (Å²) in [6.07, 6.45) is 11.4. The number of carbonyl (C=O) groups is 1. The second-order valence-corrected chi connectivity index (χ2v) is 11.1. The summed E-state index contributed by atoms with van der Waals surface area (Å²) in [6.45, 7) is 9.24.